The van der Waals surface area contributed by atoms with Gasteiger partial charge in [-0.15, -0.1) is 11.8 Å². The largest absolute Gasteiger partial charge is 0.450 e. The third-order valence-corrected chi connectivity index (χ3v) is 3.00. The molecule has 1 rings (SSSR count). The number of amides is 2. The van der Waals surface area contributed by atoms with E-state index in [9.17, 15) is 9.59 Å². The van der Waals surface area contributed by atoms with Crippen LogP contribution in [0.4, 0.5) is 4.79 Å². The van der Waals surface area contributed by atoms with E-state index in [1.807, 2.05) is 12.1 Å². The summed E-state index contributed by atoms with van der Waals surface area (Å²) < 4.78 is 4.59. The summed E-state index contributed by atoms with van der Waals surface area (Å²) in [6.07, 6.45) is -0.723. The smallest absolute Gasteiger partial charge is 0.413 e. The molecule has 0 aliphatic heterocycles. The van der Waals surface area contributed by atoms with Crippen LogP contribution in [0.1, 0.15) is 12.5 Å². The molecule has 0 heterocycles. The minimum Gasteiger partial charge on any atom is -0.450 e. The van der Waals surface area contributed by atoms with E-state index >= 15 is 0 Å². The number of alkyl carbamates (subject to hydrolysis) is 1. The predicted molar refractivity (Wildman–Crippen MR) is 68.3 cm³/mol. The highest BCUT2D eigenvalue weighted by atomic mass is 32.2. The van der Waals surface area contributed by atoms with E-state index in [1.165, 1.54) is 11.8 Å². The topological polar surface area (TPSA) is 75.6 Å². The van der Waals surface area contributed by atoms with Crippen LogP contribution in [-0.2, 0) is 16.1 Å². The van der Waals surface area contributed by atoms with E-state index in [4.69, 9.17) is 5.11 Å². The van der Waals surface area contributed by atoms with Gasteiger partial charge in [-0.25, -0.2) is 4.79 Å². The van der Waals surface area contributed by atoms with Crippen LogP contribution in [-0.4, -0.2) is 29.5 Å². The molecule has 0 unspecified atom stereocenters. The molecule has 5 nitrogen and oxygen atoms in total. The molecule has 0 spiro atoms. The molecule has 2 N–H and O–H groups in total. The summed E-state index contributed by atoms with van der Waals surface area (Å²) in [6, 6.07) is 7.19. The van der Waals surface area contributed by atoms with Gasteiger partial charge >= 0.3 is 6.09 Å². The Morgan fingerprint density at radius 2 is 2.00 bits per heavy atom. The van der Waals surface area contributed by atoms with Crippen LogP contribution in [0.3, 0.4) is 0 Å². The molecular formula is C12H15NO4S. The number of rotatable bonds is 5. The van der Waals surface area contributed by atoms with Crippen LogP contribution in [0, 0.1) is 0 Å². The van der Waals surface area contributed by atoms with Crippen molar-refractivity contribution < 1.29 is 19.4 Å². The molecule has 1 aromatic rings. The number of carbonyl (C=O) groups excluding carboxylic acids is 2. The zero-order chi connectivity index (χ0) is 13.4. The monoisotopic (exact) mass is 269 g/mol. The lowest BCUT2D eigenvalue weighted by Gasteiger charge is -2.04. The summed E-state index contributed by atoms with van der Waals surface area (Å²) in [5, 5.41) is 11.0. The van der Waals surface area contributed by atoms with E-state index in [2.05, 4.69) is 10.1 Å². The Morgan fingerprint density at radius 1 is 1.33 bits per heavy atom. The summed E-state index contributed by atoms with van der Waals surface area (Å²) in [4.78, 5) is 23.2. The highest BCUT2D eigenvalue weighted by Crippen LogP contribution is 2.18. The SMILES string of the molecule is CCOC(=O)NC(=O)CSc1ccc(CO)cc1. The summed E-state index contributed by atoms with van der Waals surface area (Å²) in [5.41, 5.74) is 0.815. The van der Waals surface area contributed by atoms with Crippen molar-refractivity contribution in [1.29, 1.82) is 0 Å². The van der Waals surface area contributed by atoms with Gasteiger partial charge in [0.15, 0.2) is 0 Å². The lowest BCUT2D eigenvalue weighted by molar-refractivity contribution is -0.117. The molecule has 0 bridgehead atoms. The Hall–Kier alpha value is -1.53. The first-order valence-corrected chi connectivity index (χ1v) is 6.43. The molecule has 0 aliphatic rings. The Morgan fingerprint density at radius 3 is 2.56 bits per heavy atom. The predicted octanol–water partition coefficient (Wildman–Crippen LogP) is 1.54. The van der Waals surface area contributed by atoms with Gasteiger partial charge in [-0.2, -0.15) is 0 Å². The van der Waals surface area contributed by atoms with Gasteiger partial charge in [-0.3, -0.25) is 10.1 Å². The van der Waals surface area contributed by atoms with Crippen molar-refractivity contribution in [3.05, 3.63) is 29.8 Å². The first-order chi connectivity index (χ1) is 8.65. The number of benzene rings is 1. The number of hydrogen-bond acceptors (Lipinski definition) is 5. The summed E-state index contributed by atoms with van der Waals surface area (Å²) in [6.45, 7) is 1.89. The van der Waals surface area contributed by atoms with E-state index in [0.29, 0.717) is 0 Å². The Balaban J connectivity index is 2.35. The minimum absolute atomic E-state index is 0.00566. The Labute approximate surface area is 110 Å². The number of imide groups is 1. The van der Waals surface area contributed by atoms with Crippen LogP contribution in [0.25, 0.3) is 0 Å². The lowest BCUT2D eigenvalue weighted by atomic mass is 10.2. The molecule has 0 saturated heterocycles. The zero-order valence-corrected chi connectivity index (χ0v) is 10.8. The molecule has 0 aromatic heterocycles. The van der Waals surface area contributed by atoms with E-state index in [-0.39, 0.29) is 19.0 Å². The maximum absolute atomic E-state index is 11.4. The van der Waals surface area contributed by atoms with Crippen LogP contribution >= 0.6 is 11.8 Å². The average molecular weight is 269 g/mol. The van der Waals surface area contributed by atoms with Crippen LogP contribution in [0.15, 0.2) is 29.2 Å². The average Bonchev–Trinajstić information content (AvgIpc) is 2.37. The van der Waals surface area contributed by atoms with E-state index in [1.54, 1.807) is 19.1 Å². The van der Waals surface area contributed by atoms with Gasteiger partial charge in [0.05, 0.1) is 19.0 Å². The highest BCUT2D eigenvalue weighted by Gasteiger charge is 2.08. The van der Waals surface area contributed by atoms with Gasteiger partial charge in [0.1, 0.15) is 0 Å². The zero-order valence-electron chi connectivity index (χ0n) is 10.0. The summed E-state index contributed by atoms with van der Waals surface area (Å²) in [5.74, 6) is -0.262. The van der Waals surface area contributed by atoms with Gasteiger partial charge in [0.25, 0.3) is 0 Å². The maximum atomic E-state index is 11.4. The fourth-order valence-corrected chi connectivity index (χ4v) is 1.86. The molecule has 0 aliphatic carbocycles. The number of carbonyl (C=O) groups is 2. The van der Waals surface area contributed by atoms with Crippen molar-refractivity contribution in [2.45, 2.75) is 18.4 Å². The normalized spacial score (nSPS) is 9.89. The molecule has 6 heteroatoms. The van der Waals surface area contributed by atoms with Gasteiger partial charge in [-0.05, 0) is 24.6 Å². The Kier molecular flexibility index (Phi) is 6.24. The number of hydrogen-bond donors (Lipinski definition) is 2. The standard InChI is InChI=1S/C12H15NO4S/c1-2-17-12(16)13-11(15)8-18-10-5-3-9(7-14)4-6-10/h3-6,14H,2,7-8H2,1H3,(H,13,15,16). The van der Waals surface area contributed by atoms with Crippen molar-refractivity contribution in [2.75, 3.05) is 12.4 Å². The third kappa shape index (κ3) is 5.20. The van der Waals surface area contributed by atoms with Crippen molar-refractivity contribution >= 4 is 23.8 Å². The minimum atomic E-state index is -0.723. The van der Waals surface area contributed by atoms with Gasteiger partial charge in [0.2, 0.25) is 5.91 Å². The van der Waals surface area contributed by atoms with E-state index in [0.717, 1.165) is 10.5 Å². The fourth-order valence-electron chi connectivity index (χ4n) is 1.16. The second kappa shape index (κ2) is 7.73. The number of ether oxygens (including phenoxy) is 1. The molecule has 1 aromatic carbocycles. The van der Waals surface area contributed by atoms with Gasteiger partial charge in [0, 0.05) is 4.90 Å². The quantitative estimate of drug-likeness (QED) is 0.793. The molecule has 0 radical (unpaired) electrons. The van der Waals surface area contributed by atoms with Gasteiger partial charge < -0.3 is 9.84 Å². The number of aliphatic hydroxyl groups excluding tert-OH is 1. The number of aliphatic hydroxyl groups is 1. The van der Waals surface area contributed by atoms with Crippen molar-refractivity contribution in [2.24, 2.45) is 0 Å². The van der Waals surface area contributed by atoms with Crippen molar-refractivity contribution in [1.82, 2.24) is 5.32 Å². The molecule has 0 saturated carbocycles. The molecule has 0 fully saturated rings. The fraction of sp³-hybridized carbons (Fsp3) is 0.333. The van der Waals surface area contributed by atoms with Crippen LogP contribution < -0.4 is 5.32 Å². The first-order valence-electron chi connectivity index (χ1n) is 5.45. The van der Waals surface area contributed by atoms with Crippen LogP contribution in [0.2, 0.25) is 0 Å². The van der Waals surface area contributed by atoms with Crippen LogP contribution in [0.5, 0.6) is 0 Å². The lowest BCUT2D eigenvalue weighted by Crippen LogP contribution is -2.32. The molecule has 0 atom stereocenters. The number of nitrogens with one attached hydrogen (secondary N) is 1. The molecular weight excluding hydrogens is 254 g/mol. The molecule has 18 heavy (non-hydrogen) atoms. The number of thioether (sulfide) groups is 1. The molecule has 98 valence electrons. The maximum Gasteiger partial charge on any atom is 0.413 e. The highest BCUT2D eigenvalue weighted by molar-refractivity contribution is 8.00. The van der Waals surface area contributed by atoms with Gasteiger partial charge in [-0.1, -0.05) is 12.1 Å². The molecule has 2 amide bonds. The first kappa shape index (κ1) is 14.5. The summed E-state index contributed by atoms with van der Waals surface area (Å²) >= 11 is 1.31. The second-order valence-electron chi connectivity index (χ2n) is 3.36. The van der Waals surface area contributed by atoms with Crippen molar-refractivity contribution in [3.8, 4) is 0 Å². The second-order valence-corrected chi connectivity index (χ2v) is 4.41. The van der Waals surface area contributed by atoms with E-state index < -0.39 is 12.0 Å². The van der Waals surface area contributed by atoms with Crippen molar-refractivity contribution in [3.63, 3.8) is 0 Å². The summed E-state index contributed by atoms with van der Waals surface area (Å²) in [7, 11) is 0. The Bertz CT molecular complexity index is 405. The third-order valence-electron chi connectivity index (χ3n) is 1.99.